The molecule has 0 spiro atoms. The van der Waals surface area contributed by atoms with Gasteiger partial charge in [0.15, 0.2) is 0 Å². The van der Waals surface area contributed by atoms with E-state index in [-0.39, 0.29) is 6.54 Å². The summed E-state index contributed by atoms with van der Waals surface area (Å²) in [5.74, 6) is -3.21. The van der Waals surface area contributed by atoms with E-state index in [2.05, 4.69) is 4.90 Å². The van der Waals surface area contributed by atoms with Crippen LogP contribution in [0.4, 0.5) is 13.2 Å². The predicted octanol–water partition coefficient (Wildman–Crippen LogP) is 4.65. The Morgan fingerprint density at radius 1 is 1.07 bits per heavy atom. The van der Waals surface area contributed by atoms with Gasteiger partial charge in [-0.2, -0.15) is 0 Å². The molecule has 1 aromatic heterocycles. The largest absolute Gasteiger partial charge is 0.383 e. The normalized spacial score (nSPS) is 17.2. The molecular weight excluding hydrogens is 401 g/mol. The van der Waals surface area contributed by atoms with Crippen LogP contribution in [0.15, 0.2) is 30.3 Å². The fourth-order valence-electron chi connectivity index (χ4n) is 4.35. The van der Waals surface area contributed by atoms with Crippen LogP contribution in [-0.4, -0.2) is 34.7 Å². The van der Waals surface area contributed by atoms with Gasteiger partial charge in [-0.05, 0) is 44.2 Å². The lowest BCUT2D eigenvalue weighted by Crippen LogP contribution is -2.31. The first-order chi connectivity index (χ1) is 13.7. The van der Waals surface area contributed by atoms with Crippen LogP contribution in [0.2, 0.25) is 5.02 Å². The van der Waals surface area contributed by atoms with Crippen molar-refractivity contribution in [3.8, 4) is 0 Å². The van der Waals surface area contributed by atoms with Gasteiger partial charge >= 0.3 is 0 Å². The summed E-state index contributed by atoms with van der Waals surface area (Å²) in [6.07, 6.45) is 1.56. The van der Waals surface area contributed by atoms with E-state index < -0.39 is 28.6 Å². The van der Waals surface area contributed by atoms with Crippen molar-refractivity contribution >= 4 is 22.5 Å². The van der Waals surface area contributed by atoms with Gasteiger partial charge in [-0.25, -0.2) is 13.2 Å². The average Bonchev–Trinajstić information content (AvgIpc) is 2.74. The Morgan fingerprint density at radius 2 is 1.72 bits per heavy atom. The van der Waals surface area contributed by atoms with Gasteiger partial charge in [0.25, 0.3) is 0 Å². The molecular formula is C22H22ClF3N2O. The van der Waals surface area contributed by atoms with E-state index in [1.54, 1.807) is 6.07 Å². The lowest BCUT2D eigenvalue weighted by Gasteiger charge is -2.27. The van der Waals surface area contributed by atoms with E-state index in [0.29, 0.717) is 17.2 Å². The predicted molar refractivity (Wildman–Crippen MR) is 108 cm³/mol. The van der Waals surface area contributed by atoms with Gasteiger partial charge < -0.3 is 14.6 Å². The molecule has 3 aromatic rings. The van der Waals surface area contributed by atoms with Crippen LogP contribution in [0.5, 0.6) is 0 Å². The highest BCUT2D eigenvalue weighted by Gasteiger charge is 2.33. The van der Waals surface area contributed by atoms with Crippen LogP contribution < -0.4 is 0 Å². The number of hydrogen-bond acceptors (Lipinski definition) is 2. The van der Waals surface area contributed by atoms with E-state index in [9.17, 15) is 18.3 Å². The van der Waals surface area contributed by atoms with Crippen molar-refractivity contribution in [2.45, 2.75) is 31.9 Å². The number of hydrogen-bond donors (Lipinski definition) is 1. The molecule has 1 aliphatic rings. The summed E-state index contributed by atoms with van der Waals surface area (Å²) in [5, 5.41) is 12.7. The molecule has 0 saturated heterocycles. The summed E-state index contributed by atoms with van der Waals surface area (Å²) in [4.78, 5) is 2.22. The summed E-state index contributed by atoms with van der Waals surface area (Å²) in [7, 11) is 2.05. The Morgan fingerprint density at radius 3 is 2.41 bits per heavy atom. The van der Waals surface area contributed by atoms with Gasteiger partial charge in [-0.1, -0.05) is 11.6 Å². The first kappa shape index (κ1) is 20.3. The van der Waals surface area contributed by atoms with Crippen LogP contribution >= 0.6 is 11.6 Å². The van der Waals surface area contributed by atoms with Crippen LogP contribution in [0, 0.1) is 17.5 Å². The maximum Gasteiger partial charge on any atom is 0.135 e. The molecule has 0 fully saturated rings. The lowest BCUT2D eigenvalue weighted by molar-refractivity contribution is 0.0313. The summed E-state index contributed by atoms with van der Waals surface area (Å²) in [6, 6.07) is 6.71. The molecule has 3 nitrogen and oxygen atoms in total. The van der Waals surface area contributed by atoms with Crippen molar-refractivity contribution in [1.82, 2.24) is 9.47 Å². The Hall–Kier alpha value is -2.02. The van der Waals surface area contributed by atoms with Crippen LogP contribution in [-0.2, 0) is 25.0 Å². The lowest BCUT2D eigenvalue weighted by atomic mass is 9.94. The second kappa shape index (κ2) is 7.35. The Kier molecular flexibility index (Phi) is 5.13. The maximum atomic E-state index is 14.4. The molecule has 2 heterocycles. The summed E-state index contributed by atoms with van der Waals surface area (Å²) in [6.45, 7) is 3.00. The fourth-order valence-corrected chi connectivity index (χ4v) is 4.52. The molecule has 0 amide bonds. The number of rotatable bonds is 3. The van der Waals surface area contributed by atoms with Gasteiger partial charge in [0.05, 0.1) is 12.1 Å². The SMILES string of the molecule is CN1CCc2c(n(CC(C)(O)c3c(F)cc(F)cc3F)c3ccc(Cl)cc23)CC1. The molecule has 1 aliphatic heterocycles. The highest BCUT2D eigenvalue weighted by atomic mass is 35.5. The molecule has 1 atom stereocenters. The number of aromatic nitrogens is 1. The van der Waals surface area contributed by atoms with E-state index >= 15 is 0 Å². The van der Waals surface area contributed by atoms with Gasteiger partial charge in [0.1, 0.15) is 23.1 Å². The van der Waals surface area contributed by atoms with Gasteiger partial charge in [0.2, 0.25) is 0 Å². The number of nitrogens with zero attached hydrogens (tertiary/aromatic N) is 2. The zero-order valence-corrected chi connectivity index (χ0v) is 17.0. The van der Waals surface area contributed by atoms with E-state index in [1.165, 1.54) is 6.92 Å². The second-order valence-electron chi connectivity index (χ2n) is 7.99. The molecule has 0 aliphatic carbocycles. The molecule has 0 bridgehead atoms. The monoisotopic (exact) mass is 422 g/mol. The standard InChI is InChI=1S/C22H22ClF3N2O/c1-22(29,21-17(25)10-14(24)11-18(21)26)12-28-19-4-3-13(23)9-16(19)15-5-7-27(2)8-6-20(15)28/h3-4,9-11,29H,5-8,12H2,1-2H3. The van der Waals surface area contributed by atoms with Crippen molar-refractivity contribution in [2.75, 3.05) is 20.1 Å². The fraction of sp³-hybridized carbons (Fsp3) is 0.364. The zero-order valence-electron chi connectivity index (χ0n) is 16.3. The molecule has 0 saturated carbocycles. The molecule has 29 heavy (non-hydrogen) atoms. The molecule has 1 N–H and O–H groups in total. The van der Waals surface area contributed by atoms with Crippen LogP contribution in [0.3, 0.4) is 0 Å². The first-order valence-corrected chi connectivity index (χ1v) is 9.90. The number of likely N-dealkylation sites (N-methyl/N-ethyl adjacent to an activating group) is 1. The quantitative estimate of drug-likeness (QED) is 0.665. The van der Waals surface area contributed by atoms with E-state index in [4.69, 9.17) is 11.6 Å². The third kappa shape index (κ3) is 3.65. The van der Waals surface area contributed by atoms with E-state index in [0.717, 1.165) is 48.1 Å². The summed E-state index contributed by atoms with van der Waals surface area (Å²) >= 11 is 6.22. The minimum atomic E-state index is -1.88. The van der Waals surface area contributed by atoms with Crippen molar-refractivity contribution in [1.29, 1.82) is 0 Å². The van der Waals surface area contributed by atoms with Gasteiger partial charge in [-0.15, -0.1) is 0 Å². The Bertz CT molecular complexity index is 1070. The van der Waals surface area contributed by atoms with Crippen molar-refractivity contribution < 1.29 is 18.3 Å². The smallest absolute Gasteiger partial charge is 0.135 e. The minimum absolute atomic E-state index is 0.0658. The van der Waals surface area contributed by atoms with Gasteiger partial charge in [-0.3, -0.25) is 0 Å². The Balaban J connectivity index is 1.86. The molecule has 0 radical (unpaired) electrons. The van der Waals surface area contributed by atoms with Crippen molar-refractivity contribution in [3.05, 3.63) is 69.6 Å². The van der Waals surface area contributed by atoms with E-state index in [1.807, 2.05) is 23.7 Å². The summed E-state index contributed by atoms with van der Waals surface area (Å²) < 4.78 is 44.0. The number of halogens is 4. The van der Waals surface area contributed by atoms with Crippen molar-refractivity contribution in [3.63, 3.8) is 0 Å². The number of aliphatic hydroxyl groups is 1. The number of fused-ring (bicyclic) bond motifs is 3. The average molecular weight is 423 g/mol. The molecule has 4 rings (SSSR count). The zero-order chi connectivity index (χ0) is 20.9. The molecule has 7 heteroatoms. The van der Waals surface area contributed by atoms with Crippen LogP contribution in [0.1, 0.15) is 23.7 Å². The molecule has 1 unspecified atom stereocenters. The minimum Gasteiger partial charge on any atom is -0.383 e. The highest BCUT2D eigenvalue weighted by molar-refractivity contribution is 6.31. The maximum absolute atomic E-state index is 14.4. The third-order valence-corrected chi connectivity index (χ3v) is 5.97. The number of benzene rings is 2. The first-order valence-electron chi connectivity index (χ1n) is 9.53. The second-order valence-corrected chi connectivity index (χ2v) is 8.43. The van der Waals surface area contributed by atoms with Gasteiger partial charge in [0, 0.05) is 53.3 Å². The topological polar surface area (TPSA) is 28.4 Å². The molecule has 154 valence electrons. The summed E-state index contributed by atoms with van der Waals surface area (Å²) in [5.41, 5.74) is 0.610. The van der Waals surface area contributed by atoms with Crippen LogP contribution in [0.25, 0.3) is 10.9 Å². The molecule has 2 aromatic carbocycles. The van der Waals surface area contributed by atoms with Crippen molar-refractivity contribution in [2.24, 2.45) is 0 Å². The third-order valence-electron chi connectivity index (χ3n) is 5.73. The highest BCUT2D eigenvalue weighted by Crippen LogP contribution is 2.35. The Labute approximate surface area is 172 Å².